The first-order valence-corrected chi connectivity index (χ1v) is 6.59. The van der Waals surface area contributed by atoms with Crippen LogP contribution in [-0.2, 0) is 5.75 Å². The van der Waals surface area contributed by atoms with Gasteiger partial charge in [-0.2, -0.15) is 5.26 Å². The number of tetrazole rings is 1. The van der Waals surface area contributed by atoms with Crippen molar-refractivity contribution in [1.29, 1.82) is 5.26 Å². The Hall–Kier alpha value is -1.87. The van der Waals surface area contributed by atoms with Crippen molar-refractivity contribution in [1.82, 2.24) is 20.2 Å². The predicted octanol–water partition coefficient (Wildman–Crippen LogP) is 2.42. The molecule has 0 amide bonds. The second kappa shape index (κ2) is 5.65. The molecule has 0 spiro atoms. The first-order valence-electron chi connectivity index (χ1n) is 5.60. The lowest BCUT2D eigenvalue weighted by Gasteiger charge is -2.07. The highest BCUT2D eigenvalue weighted by Gasteiger charge is 2.09. The van der Waals surface area contributed by atoms with Crippen LogP contribution >= 0.6 is 11.8 Å². The molecule has 1 aromatic heterocycles. The van der Waals surface area contributed by atoms with Gasteiger partial charge in [0.1, 0.15) is 0 Å². The van der Waals surface area contributed by atoms with E-state index in [0.717, 1.165) is 16.5 Å². The molecule has 0 saturated carbocycles. The fraction of sp³-hybridized carbons (Fsp3) is 0.333. The number of nitriles is 1. The van der Waals surface area contributed by atoms with E-state index in [2.05, 4.69) is 21.6 Å². The van der Waals surface area contributed by atoms with Gasteiger partial charge in [0.2, 0.25) is 5.16 Å². The van der Waals surface area contributed by atoms with Gasteiger partial charge >= 0.3 is 0 Å². The summed E-state index contributed by atoms with van der Waals surface area (Å²) in [5.41, 5.74) is 1.77. The quantitative estimate of drug-likeness (QED) is 0.789. The smallest absolute Gasteiger partial charge is 0.209 e. The SMILES string of the molecule is CC(C)n1nnnc1SCc1cccc(C#N)c1. The molecule has 18 heavy (non-hydrogen) atoms. The van der Waals surface area contributed by atoms with Crippen LogP contribution in [0.2, 0.25) is 0 Å². The monoisotopic (exact) mass is 259 g/mol. The van der Waals surface area contributed by atoms with E-state index in [-0.39, 0.29) is 6.04 Å². The number of rotatable bonds is 4. The summed E-state index contributed by atoms with van der Waals surface area (Å²) in [4.78, 5) is 0. The third-order valence-electron chi connectivity index (χ3n) is 2.38. The first kappa shape index (κ1) is 12.6. The summed E-state index contributed by atoms with van der Waals surface area (Å²) in [6.07, 6.45) is 0. The standard InChI is InChI=1S/C12H13N5S/c1-9(2)17-12(14-15-16-17)18-8-11-5-3-4-10(6-11)7-13/h3-6,9H,8H2,1-2H3. The molecular formula is C12H13N5S. The van der Waals surface area contributed by atoms with Crippen LogP contribution < -0.4 is 0 Å². The van der Waals surface area contributed by atoms with Crippen molar-refractivity contribution in [2.24, 2.45) is 0 Å². The maximum absolute atomic E-state index is 8.84. The molecule has 0 aliphatic rings. The van der Waals surface area contributed by atoms with Crippen molar-refractivity contribution >= 4 is 11.8 Å². The van der Waals surface area contributed by atoms with Crippen molar-refractivity contribution in [3.63, 3.8) is 0 Å². The molecule has 0 saturated heterocycles. The van der Waals surface area contributed by atoms with Crippen LogP contribution in [-0.4, -0.2) is 20.2 Å². The highest BCUT2D eigenvalue weighted by atomic mass is 32.2. The molecular weight excluding hydrogens is 246 g/mol. The van der Waals surface area contributed by atoms with Gasteiger partial charge in [-0.25, -0.2) is 4.68 Å². The third kappa shape index (κ3) is 2.87. The average Bonchev–Trinajstić information content (AvgIpc) is 2.85. The highest BCUT2D eigenvalue weighted by molar-refractivity contribution is 7.98. The molecule has 0 N–H and O–H groups in total. The molecule has 5 nitrogen and oxygen atoms in total. The minimum Gasteiger partial charge on any atom is -0.218 e. The number of hydrogen-bond donors (Lipinski definition) is 0. The number of nitrogens with zero attached hydrogens (tertiary/aromatic N) is 5. The molecule has 1 aromatic carbocycles. The second-order valence-electron chi connectivity index (χ2n) is 4.10. The fourth-order valence-corrected chi connectivity index (χ4v) is 2.43. The normalized spacial score (nSPS) is 10.6. The van der Waals surface area contributed by atoms with Crippen LogP contribution in [0, 0.1) is 11.3 Å². The molecule has 92 valence electrons. The topological polar surface area (TPSA) is 67.4 Å². The summed E-state index contributed by atoms with van der Waals surface area (Å²) in [5, 5.41) is 21.3. The van der Waals surface area contributed by atoms with Gasteiger partial charge in [0, 0.05) is 5.75 Å². The van der Waals surface area contributed by atoms with Crippen LogP contribution in [0.15, 0.2) is 29.4 Å². The van der Waals surface area contributed by atoms with Crippen molar-refractivity contribution in [3.8, 4) is 6.07 Å². The van der Waals surface area contributed by atoms with Gasteiger partial charge in [-0.1, -0.05) is 23.9 Å². The fourth-order valence-electron chi connectivity index (χ4n) is 1.48. The van der Waals surface area contributed by atoms with E-state index < -0.39 is 0 Å². The Morgan fingerprint density at radius 1 is 1.44 bits per heavy atom. The molecule has 2 aromatic rings. The first-order chi connectivity index (χ1) is 8.70. The molecule has 0 fully saturated rings. The lowest BCUT2D eigenvalue weighted by Crippen LogP contribution is -2.04. The molecule has 6 heteroatoms. The third-order valence-corrected chi connectivity index (χ3v) is 3.38. The molecule has 0 unspecified atom stereocenters. The van der Waals surface area contributed by atoms with Gasteiger partial charge in [-0.3, -0.25) is 0 Å². The summed E-state index contributed by atoms with van der Waals surface area (Å²) in [6, 6.07) is 9.95. The van der Waals surface area contributed by atoms with E-state index in [4.69, 9.17) is 5.26 Å². The number of aromatic nitrogens is 4. The summed E-state index contributed by atoms with van der Waals surface area (Å²) in [5.74, 6) is 0.753. The average molecular weight is 259 g/mol. The number of hydrogen-bond acceptors (Lipinski definition) is 5. The van der Waals surface area contributed by atoms with E-state index in [1.165, 1.54) is 0 Å². The van der Waals surface area contributed by atoms with Gasteiger partial charge in [-0.15, -0.1) is 5.10 Å². The summed E-state index contributed by atoms with van der Waals surface area (Å²) < 4.78 is 1.79. The van der Waals surface area contributed by atoms with E-state index in [9.17, 15) is 0 Å². The molecule has 2 rings (SSSR count). The Balaban J connectivity index is 2.07. The maximum atomic E-state index is 8.84. The Morgan fingerprint density at radius 3 is 3.00 bits per heavy atom. The van der Waals surface area contributed by atoms with Crippen molar-refractivity contribution < 1.29 is 0 Å². The van der Waals surface area contributed by atoms with Gasteiger partial charge in [0.15, 0.2) is 0 Å². The van der Waals surface area contributed by atoms with Crippen LogP contribution in [0.1, 0.15) is 31.0 Å². The van der Waals surface area contributed by atoms with E-state index in [1.807, 2.05) is 32.0 Å². The van der Waals surface area contributed by atoms with Crippen LogP contribution in [0.5, 0.6) is 0 Å². The molecule has 0 aliphatic heterocycles. The highest BCUT2D eigenvalue weighted by Crippen LogP contribution is 2.22. The van der Waals surface area contributed by atoms with Crippen LogP contribution in [0.25, 0.3) is 0 Å². The zero-order valence-corrected chi connectivity index (χ0v) is 11.1. The van der Waals surface area contributed by atoms with Gasteiger partial charge in [0.05, 0.1) is 17.7 Å². The minimum atomic E-state index is 0.243. The van der Waals surface area contributed by atoms with E-state index in [0.29, 0.717) is 5.56 Å². The molecule has 0 atom stereocenters. The lowest BCUT2D eigenvalue weighted by atomic mass is 10.2. The Morgan fingerprint density at radius 2 is 2.28 bits per heavy atom. The van der Waals surface area contributed by atoms with Crippen LogP contribution in [0.4, 0.5) is 0 Å². The van der Waals surface area contributed by atoms with Crippen molar-refractivity contribution in [2.45, 2.75) is 30.8 Å². The zero-order valence-electron chi connectivity index (χ0n) is 10.2. The van der Waals surface area contributed by atoms with Crippen molar-refractivity contribution in [3.05, 3.63) is 35.4 Å². The summed E-state index contributed by atoms with van der Waals surface area (Å²) in [7, 11) is 0. The Bertz CT molecular complexity index is 570. The molecule has 0 aliphatic carbocycles. The zero-order chi connectivity index (χ0) is 13.0. The van der Waals surface area contributed by atoms with E-state index >= 15 is 0 Å². The van der Waals surface area contributed by atoms with Gasteiger partial charge in [-0.05, 0) is 42.0 Å². The molecule has 1 heterocycles. The van der Waals surface area contributed by atoms with E-state index in [1.54, 1.807) is 22.5 Å². The largest absolute Gasteiger partial charge is 0.218 e. The molecule has 0 bridgehead atoms. The summed E-state index contributed by atoms with van der Waals surface area (Å²) >= 11 is 1.57. The maximum Gasteiger partial charge on any atom is 0.209 e. The van der Waals surface area contributed by atoms with Gasteiger partial charge in [0.25, 0.3) is 0 Å². The van der Waals surface area contributed by atoms with Crippen molar-refractivity contribution in [2.75, 3.05) is 0 Å². The number of thioether (sulfide) groups is 1. The number of benzene rings is 1. The molecule has 0 radical (unpaired) electrons. The lowest BCUT2D eigenvalue weighted by molar-refractivity contribution is 0.477. The minimum absolute atomic E-state index is 0.243. The Labute approximate surface area is 110 Å². The van der Waals surface area contributed by atoms with Gasteiger partial charge < -0.3 is 0 Å². The Kier molecular flexibility index (Phi) is 3.95. The second-order valence-corrected chi connectivity index (χ2v) is 5.04. The summed E-state index contributed by atoms with van der Waals surface area (Å²) in [6.45, 7) is 4.08. The predicted molar refractivity (Wildman–Crippen MR) is 68.9 cm³/mol. The van der Waals surface area contributed by atoms with Crippen LogP contribution in [0.3, 0.4) is 0 Å².